The fourth-order valence-electron chi connectivity index (χ4n) is 1.56. The van der Waals surface area contributed by atoms with Crippen molar-refractivity contribution in [1.29, 1.82) is 0 Å². The molecule has 94 valence electrons. The second kappa shape index (κ2) is 7.01. The van der Waals surface area contributed by atoms with E-state index in [4.69, 9.17) is 11.6 Å². The van der Waals surface area contributed by atoms with Crippen LogP contribution in [-0.4, -0.2) is 25.5 Å². The van der Waals surface area contributed by atoms with Gasteiger partial charge in [0.15, 0.2) is 0 Å². The summed E-state index contributed by atoms with van der Waals surface area (Å²) in [5, 5.41) is 8.47. The first-order valence-corrected chi connectivity index (χ1v) is 6.43. The summed E-state index contributed by atoms with van der Waals surface area (Å²) in [5.74, 6) is -0.0839. The number of amides is 1. The highest BCUT2D eigenvalue weighted by Crippen LogP contribution is 2.21. The number of carbonyl (C=O) groups excluding carboxylic acids is 1. The molecule has 0 unspecified atom stereocenters. The molecule has 0 bridgehead atoms. The Hall–Kier alpha value is -0.550. The van der Waals surface area contributed by atoms with E-state index in [1.54, 1.807) is 6.07 Å². The van der Waals surface area contributed by atoms with Crippen molar-refractivity contribution in [2.45, 2.75) is 6.42 Å². The van der Waals surface area contributed by atoms with Crippen molar-refractivity contribution >= 4 is 41.3 Å². The first-order chi connectivity index (χ1) is 7.77. The molecule has 0 aromatic carbocycles. The van der Waals surface area contributed by atoms with Crippen LogP contribution in [0.4, 0.5) is 0 Å². The normalized spacial score (nSPS) is 14.8. The van der Waals surface area contributed by atoms with E-state index in [-0.39, 0.29) is 18.3 Å². The van der Waals surface area contributed by atoms with E-state index in [1.165, 1.54) is 16.9 Å². The largest absolute Gasteiger partial charge is 0.348 e. The molecular weight excluding hydrogens is 279 g/mol. The van der Waals surface area contributed by atoms with Gasteiger partial charge < -0.3 is 10.6 Å². The monoisotopic (exact) mass is 292 g/mol. The number of hydrogen-bond donors (Lipinski definition) is 2. The first-order valence-electron chi connectivity index (χ1n) is 5.17. The third kappa shape index (κ3) is 4.00. The van der Waals surface area contributed by atoms with Gasteiger partial charge in [0.25, 0.3) is 5.91 Å². The van der Waals surface area contributed by atoms with Crippen LogP contribution >= 0.6 is 35.3 Å². The SMILES string of the molecule is Cl.O=C(NCC1=CCNCC1)c1sccc1Cl. The van der Waals surface area contributed by atoms with E-state index in [1.807, 2.05) is 5.38 Å². The van der Waals surface area contributed by atoms with E-state index in [9.17, 15) is 4.79 Å². The molecule has 0 atom stereocenters. The summed E-state index contributed by atoms with van der Waals surface area (Å²) in [7, 11) is 0. The Balaban J connectivity index is 0.00000144. The molecular formula is C11H14Cl2N2OS. The van der Waals surface area contributed by atoms with Crippen molar-refractivity contribution in [2.24, 2.45) is 0 Å². The lowest BCUT2D eigenvalue weighted by Gasteiger charge is -2.14. The van der Waals surface area contributed by atoms with Gasteiger partial charge in [-0.3, -0.25) is 4.79 Å². The zero-order valence-corrected chi connectivity index (χ0v) is 11.6. The molecule has 0 saturated carbocycles. The Morgan fingerprint density at radius 3 is 3.00 bits per heavy atom. The minimum absolute atomic E-state index is 0. The molecule has 0 saturated heterocycles. The smallest absolute Gasteiger partial charge is 0.263 e. The Morgan fingerprint density at radius 2 is 2.41 bits per heavy atom. The lowest BCUT2D eigenvalue weighted by molar-refractivity contribution is 0.0961. The summed E-state index contributed by atoms with van der Waals surface area (Å²) < 4.78 is 0. The minimum Gasteiger partial charge on any atom is -0.348 e. The average Bonchev–Trinajstić information content (AvgIpc) is 2.74. The van der Waals surface area contributed by atoms with Crippen molar-refractivity contribution in [3.63, 3.8) is 0 Å². The first kappa shape index (κ1) is 14.5. The molecule has 17 heavy (non-hydrogen) atoms. The average molecular weight is 293 g/mol. The van der Waals surface area contributed by atoms with Gasteiger partial charge in [-0.25, -0.2) is 0 Å². The van der Waals surface area contributed by atoms with Gasteiger partial charge >= 0.3 is 0 Å². The van der Waals surface area contributed by atoms with Crippen LogP contribution in [0, 0.1) is 0 Å². The van der Waals surface area contributed by atoms with Crippen LogP contribution in [0.5, 0.6) is 0 Å². The Labute approximate surface area is 116 Å². The molecule has 3 nitrogen and oxygen atoms in total. The second-order valence-corrected chi connectivity index (χ2v) is 4.92. The summed E-state index contributed by atoms with van der Waals surface area (Å²) >= 11 is 7.25. The van der Waals surface area contributed by atoms with Crippen LogP contribution < -0.4 is 10.6 Å². The summed E-state index contributed by atoms with van der Waals surface area (Å²) in [6.07, 6.45) is 3.12. The molecule has 1 aliphatic rings. The molecule has 1 aliphatic heterocycles. The third-order valence-electron chi connectivity index (χ3n) is 2.46. The Kier molecular flexibility index (Phi) is 5.98. The molecule has 0 aliphatic carbocycles. The lowest BCUT2D eigenvalue weighted by atomic mass is 10.1. The van der Waals surface area contributed by atoms with E-state index in [2.05, 4.69) is 16.7 Å². The zero-order valence-electron chi connectivity index (χ0n) is 9.16. The van der Waals surface area contributed by atoms with Gasteiger partial charge in [-0.1, -0.05) is 23.3 Å². The molecule has 2 rings (SSSR count). The summed E-state index contributed by atoms with van der Waals surface area (Å²) in [4.78, 5) is 12.3. The van der Waals surface area contributed by atoms with Crippen LogP contribution in [-0.2, 0) is 0 Å². The molecule has 2 heterocycles. The molecule has 0 spiro atoms. The van der Waals surface area contributed by atoms with Crippen molar-refractivity contribution in [2.75, 3.05) is 19.6 Å². The quantitative estimate of drug-likeness (QED) is 0.841. The number of halogens is 2. The van der Waals surface area contributed by atoms with Crippen molar-refractivity contribution in [1.82, 2.24) is 10.6 Å². The summed E-state index contributed by atoms with van der Waals surface area (Å²) in [6, 6.07) is 1.74. The lowest BCUT2D eigenvalue weighted by Crippen LogP contribution is -2.29. The predicted octanol–water partition coefficient (Wildman–Crippen LogP) is 2.47. The van der Waals surface area contributed by atoms with Crippen LogP contribution in [0.2, 0.25) is 5.02 Å². The number of thiophene rings is 1. The molecule has 0 fully saturated rings. The molecule has 6 heteroatoms. The molecule has 1 amide bonds. The summed E-state index contributed by atoms with van der Waals surface area (Å²) in [6.45, 7) is 2.50. The predicted molar refractivity (Wildman–Crippen MR) is 74.5 cm³/mol. The number of nitrogens with one attached hydrogen (secondary N) is 2. The highest BCUT2D eigenvalue weighted by Gasteiger charge is 2.12. The standard InChI is InChI=1S/C11H13ClN2OS.ClH/c12-9-3-6-16-10(9)11(15)14-7-8-1-4-13-5-2-8;/h1,3,6,13H,2,4-5,7H2,(H,14,15);1H. The van der Waals surface area contributed by atoms with Gasteiger partial charge in [-0.2, -0.15) is 0 Å². The highest BCUT2D eigenvalue weighted by atomic mass is 35.5. The number of carbonyl (C=O) groups is 1. The molecule has 1 aromatic rings. The molecule has 0 radical (unpaired) electrons. The van der Waals surface area contributed by atoms with Crippen molar-refractivity contribution < 1.29 is 4.79 Å². The van der Waals surface area contributed by atoms with E-state index < -0.39 is 0 Å². The van der Waals surface area contributed by atoms with E-state index >= 15 is 0 Å². The topological polar surface area (TPSA) is 41.1 Å². The van der Waals surface area contributed by atoms with Gasteiger partial charge in [0, 0.05) is 13.1 Å². The molecule has 2 N–H and O–H groups in total. The van der Waals surface area contributed by atoms with Crippen LogP contribution in [0.3, 0.4) is 0 Å². The van der Waals surface area contributed by atoms with Crippen LogP contribution in [0.1, 0.15) is 16.1 Å². The van der Waals surface area contributed by atoms with Crippen molar-refractivity contribution in [3.05, 3.63) is 33.0 Å². The number of rotatable bonds is 3. The summed E-state index contributed by atoms with van der Waals surface area (Å²) in [5.41, 5.74) is 1.28. The second-order valence-electron chi connectivity index (χ2n) is 3.60. The maximum absolute atomic E-state index is 11.7. The minimum atomic E-state index is -0.0839. The Bertz CT molecular complexity index is 417. The van der Waals surface area contributed by atoms with Gasteiger partial charge in [0.2, 0.25) is 0 Å². The van der Waals surface area contributed by atoms with Gasteiger partial charge in [-0.15, -0.1) is 23.7 Å². The van der Waals surface area contributed by atoms with Crippen LogP contribution in [0.15, 0.2) is 23.1 Å². The fourth-order valence-corrected chi connectivity index (χ4v) is 2.62. The highest BCUT2D eigenvalue weighted by molar-refractivity contribution is 7.12. The number of hydrogen-bond acceptors (Lipinski definition) is 3. The van der Waals surface area contributed by atoms with E-state index in [0.29, 0.717) is 16.4 Å². The van der Waals surface area contributed by atoms with Crippen LogP contribution in [0.25, 0.3) is 0 Å². The molecule has 1 aromatic heterocycles. The van der Waals surface area contributed by atoms with Gasteiger partial charge in [-0.05, 0) is 24.4 Å². The van der Waals surface area contributed by atoms with E-state index in [0.717, 1.165) is 19.5 Å². The van der Waals surface area contributed by atoms with Gasteiger partial charge in [0.05, 0.1) is 5.02 Å². The van der Waals surface area contributed by atoms with Crippen molar-refractivity contribution in [3.8, 4) is 0 Å². The third-order valence-corrected chi connectivity index (χ3v) is 3.80. The maximum atomic E-state index is 11.7. The maximum Gasteiger partial charge on any atom is 0.263 e. The zero-order chi connectivity index (χ0) is 11.4. The fraction of sp³-hybridized carbons (Fsp3) is 0.364. The Morgan fingerprint density at radius 1 is 1.59 bits per heavy atom. The van der Waals surface area contributed by atoms with Gasteiger partial charge in [0.1, 0.15) is 4.88 Å².